The van der Waals surface area contributed by atoms with E-state index >= 15 is 0 Å². The third kappa shape index (κ3) is 8.16. The first-order valence-corrected chi connectivity index (χ1v) is 13.0. The molecule has 5 heteroatoms. The first-order chi connectivity index (χ1) is 18.1. The zero-order valence-corrected chi connectivity index (χ0v) is 21.7. The number of amidine groups is 1. The lowest BCUT2D eigenvalue weighted by atomic mass is 9.90. The molecule has 0 aliphatic carbocycles. The summed E-state index contributed by atoms with van der Waals surface area (Å²) in [5.74, 6) is 1.44. The van der Waals surface area contributed by atoms with Crippen molar-refractivity contribution in [2.24, 2.45) is 10.9 Å². The Balaban J connectivity index is 1.27. The Morgan fingerprint density at radius 3 is 2.14 bits per heavy atom. The standard InChI is InChI=1S/C32H37N3O2/c1-25(37-23-29-11-7-4-8-12-29)31(24-36-2)34-32(33)22-27-13-15-30(16-14-27)35-19-17-28(18-20-35)21-26-9-5-3-6-10-26/h3-16,28,33H,1,17-24H2,2H3/b33-32?,34-31-. The second-order valence-corrected chi connectivity index (χ2v) is 9.60. The van der Waals surface area contributed by atoms with Gasteiger partial charge < -0.3 is 14.4 Å². The summed E-state index contributed by atoms with van der Waals surface area (Å²) in [5.41, 5.74) is 5.34. The minimum absolute atomic E-state index is 0.245. The van der Waals surface area contributed by atoms with Gasteiger partial charge in [-0.2, -0.15) is 0 Å². The maximum Gasteiger partial charge on any atom is 0.136 e. The van der Waals surface area contributed by atoms with E-state index in [2.05, 4.69) is 71.1 Å². The Morgan fingerprint density at radius 2 is 1.51 bits per heavy atom. The molecule has 37 heavy (non-hydrogen) atoms. The third-order valence-corrected chi connectivity index (χ3v) is 6.78. The zero-order valence-electron chi connectivity index (χ0n) is 21.7. The van der Waals surface area contributed by atoms with E-state index in [1.165, 1.54) is 30.5 Å². The summed E-state index contributed by atoms with van der Waals surface area (Å²) in [6, 6.07) is 29.3. The molecular formula is C32H37N3O2. The molecule has 3 aromatic rings. The van der Waals surface area contributed by atoms with Gasteiger partial charge in [-0.1, -0.05) is 79.4 Å². The van der Waals surface area contributed by atoms with Gasteiger partial charge in [0.1, 0.15) is 23.9 Å². The predicted molar refractivity (Wildman–Crippen MR) is 153 cm³/mol. The van der Waals surface area contributed by atoms with Gasteiger partial charge in [0.2, 0.25) is 0 Å². The van der Waals surface area contributed by atoms with Gasteiger partial charge in [0.25, 0.3) is 0 Å². The third-order valence-electron chi connectivity index (χ3n) is 6.78. The first kappa shape index (κ1) is 26.4. The Morgan fingerprint density at radius 1 is 0.892 bits per heavy atom. The van der Waals surface area contributed by atoms with E-state index in [1.807, 2.05) is 30.3 Å². The molecule has 0 saturated carbocycles. The average Bonchev–Trinajstić information content (AvgIpc) is 2.93. The van der Waals surface area contributed by atoms with Gasteiger partial charge in [-0.15, -0.1) is 0 Å². The molecule has 0 atom stereocenters. The van der Waals surface area contributed by atoms with Crippen molar-refractivity contribution in [2.45, 2.75) is 32.3 Å². The van der Waals surface area contributed by atoms with Crippen LogP contribution in [0.25, 0.3) is 0 Å². The summed E-state index contributed by atoms with van der Waals surface area (Å²) in [5, 5.41) is 8.44. The van der Waals surface area contributed by atoms with Crippen LogP contribution in [-0.4, -0.2) is 38.4 Å². The van der Waals surface area contributed by atoms with Crippen LogP contribution in [0.5, 0.6) is 0 Å². The average molecular weight is 496 g/mol. The SMILES string of the molecule is C=C(OCc1ccccc1)/C(COC)=N\C(=N)Cc1ccc(N2CCC(Cc3ccccc3)CC2)cc1. The number of nitrogens with zero attached hydrogens (tertiary/aromatic N) is 2. The van der Waals surface area contributed by atoms with Crippen molar-refractivity contribution in [3.8, 4) is 0 Å². The number of nitrogens with one attached hydrogen (secondary N) is 1. The highest BCUT2D eigenvalue weighted by Crippen LogP contribution is 2.26. The Hall–Kier alpha value is -3.70. The van der Waals surface area contributed by atoms with Crippen molar-refractivity contribution in [1.82, 2.24) is 0 Å². The van der Waals surface area contributed by atoms with Gasteiger partial charge in [-0.05, 0) is 54.0 Å². The van der Waals surface area contributed by atoms with Crippen LogP contribution >= 0.6 is 0 Å². The van der Waals surface area contributed by atoms with Gasteiger partial charge in [-0.3, -0.25) is 5.41 Å². The molecule has 0 bridgehead atoms. The lowest BCUT2D eigenvalue weighted by molar-refractivity contribution is 0.206. The number of anilines is 1. The number of ether oxygens (including phenoxy) is 2. The van der Waals surface area contributed by atoms with Gasteiger partial charge in [0.05, 0.1) is 6.61 Å². The minimum atomic E-state index is 0.245. The van der Waals surface area contributed by atoms with Crippen molar-refractivity contribution in [3.05, 3.63) is 114 Å². The Labute approximate surface area is 221 Å². The van der Waals surface area contributed by atoms with Crippen LogP contribution in [0.3, 0.4) is 0 Å². The minimum Gasteiger partial charge on any atom is -0.488 e. The fraction of sp³-hybridized carbons (Fsp3) is 0.312. The number of rotatable bonds is 11. The Bertz CT molecular complexity index is 1170. The number of benzene rings is 3. The van der Waals surface area contributed by atoms with E-state index in [9.17, 15) is 0 Å². The highest BCUT2D eigenvalue weighted by Gasteiger charge is 2.19. The van der Waals surface area contributed by atoms with Crippen LogP contribution in [0.15, 0.2) is 102 Å². The molecule has 1 heterocycles. The van der Waals surface area contributed by atoms with Crippen molar-refractivity contribution in [3.63, 3.8) is 0 Å². The van der Waals surface area contributed by atoms with Crippen LogP contribution in [0, 0.1) is 11.3 Å². The van der Waals surface area contributed by atoms with E-state index in [0.29, 0.717) is 24.5 Å². The molecule has 192 valence electrons. The van der Waals surface area contributed by atoms with Crippen molar-refractivity contribution < 1.29 is 9.47 Å². The fourth-order valence-corrected chi connectivity index (χ4v) is 4.70. The highest BCUT2D eigenvalue weighted by atomic mass is 16.5. The topological polar surface area (TPSA) is 57.9 Å². The lowest BCUT2D eigenvalue weighted by Gasteiger charge is -2.33. The summed E-state index contributed by atoms with van der Waals surface area (Å²) in [6.45, 7) is 6.83. The molecule has 0 aromatic heterocycles. The van der Waals surface area contributed by atoms with Crippen molar-refractivity contribution in [1.29, 1.82) is 5.41 Å². The van der Waals surface area contributed by atoms with E-state index in [4.69, 9.17) is 14.9 Å². The van der Waals surface area contributed by atoms with Gasteiger partial charge in [0, 0.05) is 32.3 Å². The molecular weight excluding hydrogens is 458 g/mol. The van der Waals surface area contributed by atoms with Gasteiger partial charge in [-0.25, -0.2) is 4.99 Å². The second kappa shape index (κ2) is 13.6. The monoisotopic (exact) mass is 495 g/mol. The van der Waals surface area contributed by atoms with E-state index in [1.54, 1.807) is 7.11 Å². The maximum absolute atomic E-state index is 8.44. The lowest BCUT2D eigenvalue weighted by Crippen LogP contribution is -2.34. The van der Waals surface area contributed by atoms with Gasteiger partial charge >= 0.3 is 0 Å². The van der Waals surface area contributed by atoms with Gasteiger partial charge in [0.15, 0.2) is 0 Å². The maximum atomic E-state index is 8.44. The number of piperidine rings is 1. The zero-order chi connectivity index (χ0) is 25.9. The van der Waals surface area contributed by atoms with Crippen molar-refractivity contribution >= 4 is 17.2 Å². The molecule has 0 unspecified atom stereocenters. The number of hydrogen-bond donors (Lipinski definition) is 1. The highest BCUT2D eigenvalue weighted by molar-refractivity contribution is 6.06. The Kier molecular flexibility index (Phi) is 9.67. The molecule has 0 spiro atoms. The normalized spacial score (nSPS) is 14.4. The van der Waals surface area contributed by atoms with Crippen LogP contribution in [0.2, 0.25) is 0 Å². The summed E-state index contributed by atoms with van der Waals surface area (Å²) in [6.07, 6.45) is 4.05. The van der Waals surface area contributed by atoms with Crippen LogP contribution in [0.4, 0.5) is 5.69 Å². The molecule has 0 amide bonds. The number of methoxy groups -OCH3 is 1. The van der Waals surface area contributed by atoms with Crippen molar-refractivity contribution in [2.75, 3.05) is 31.7 Å². The number of hydrogen-bond acceptors (Lipinski definition) is 4. The predicted octanol–water partition coefficient (Wildman–Crippen LogP) is 6.48. The van der Waals surface area contributed by atoms with Crippen LogP contribution in [-0.2, 0) is 28.9 Å². The molecule has 1 fully saturated rings. The first-order valence-electron chi connectivity index (χ1n) is 13.0. The summed E-state index contributed by atoms with van der Waals surface area (Å²) in [4.78, 5) is 6.94. The number of aliphatic imine (C=N–C) groups is 1. The molecule has 4 rings (SSSR count). The molecule has 1 aliphatic heterocycles. The molecule has 1 N–H and O–H groups in total. The molecule has 0 radical (unpaired) electrons. The summed E-state index contributed by atoms with van der Waals surface area (Å²) < 4.78 is 11.1. The summed E-state index contributed by atoms with van der Waals surface area (Å²) in [7, 11) is 1.60. The molecule has 1 saturated heterocycles. The van der Waals surface area contributed by atoms with Crippen LogP contribution in [0.1, 0.15) is 29.5 Å². The molecule has 5 nitrogen and oxygen atoms in total. The van der Waals surface area contributed by atoms with E-state index < -0.39 is 0 Å². The molecule has 3 aromatic carbocycles. The quantitative estimate of drug-likeness (QED) is 0.188. The second-order valence-electron chi connectivity index (χ2n) is 9.60. The van der Waals surface area contributed by atoms with E-state index in [-0.39, 0.29) is 12.4 Å². The molecule has 1 aliphatic rings. The van der Waals surface area contributed by atoms with E-state index in [0.717, 1.165) is 30.1 Å². The van der Waals surface area contributed by atoms with Crippen LogP contribution < -0.4 is 4.90 Å². The smallest absolute Gasteiger partial charge is 0.136 e. The largest absolute Gasteiger partial charge is 0.488 e. The summed E-state index contributed by atoms with van der Waals surface area (Å²) >= 11 is 0. The fourth-order valence-electron chi connectivity index (χ4n) is 4.70.